The summed E-state index contributed by atoms with van der Waals surface area (Å²) in [6, 6.07) is -0.713. The molecule has 0 unspecified atom stereocenters. The van der Waals surface area contributed by atoms with Gasteiger partial charge in [-0.05, 0) is 40.0 Å². The summed E-state index contributed by atoms with van der Waals surface area (Å²) in [4.78, 5) is 36.9. The molecule has 7 N–H and O–H groups in total. The molecule has 1 aliphatic heterocycles. The minimum absolute atomic E-state index is 0.0355. The number of nitrogens with two attached hydrogens (primary N) is 1. The number of nitrogens with zero attached hydrogens (tertiary/aromatic N) is 1. The van der Waals surface area contributed by atoms with Gasteiger partial charge >= 0.3 is 12.2 Å². The van der Waals surface area contributed by atoms with E-state index in [9.17, 15) is 24.6 Å². The maximum atomic E-state index is 12.1. The number of alkyl carbamates (subject to hydrolysis) is 2. The number of amides is 3. The number of ether oxygens (including phenoxy) is 2. The Morgan fingerprint density at radius 3 is 2.47 bits per heavy atom. The predicted octanol–water partition coefficient (Wildman–Crippen LogP) is -0.555. The highest BCUT2D eigenvalue weighted by Gasteiger charge is 2.41. The van der Waals surface area contributed by atoms with Gasteiger partial charge in [0.1, 0.15) is 17.8 Å². The number of β-amino-alcohol motifs (C(OH)–C–C–N with tert-alkyl or cyclic N) is 2. The fraction of sp³-hybridized carbons (Fsp3) is 0.773. The molecule has 0 bridgehead atoms. The third-order valence-electron chi connectivity index (χ3n) is 4.86. The highest BCUT2D eigenvalue weighted by Crippen LogP contribution is 2.20. The van der Waals surface area contributed by atoms with E-state index in [0.29, 0.717) is 25.8 Å². The van der Waals surface area contributed by atoms with Crippen molar-refractivity contribution in [3.63, 3.8) is 0 Å². The molecule has 196 valence electrons. The molecular weight excluding hydrogens is 446 g/mol. The number of rotatable bonds is 14. The first-order valence-electron chi connectivity index (χ1n) is 11.5. The van der Waals surface area contributed by atoms with E-state index in [1.165, 1.54) is 6.08 Å². The number of unbranched alkanes of at least 4 members (excludes halogenated alkanes) is 1. The molecule has 0 aromatic carbocycles. The molecule has 1 rings (SSSR count). The largest absolute Gasteiger partial charge is 0.445 e. The molecule has 1 heterocycles. The molecule has 0 aromatic rings. The van der Waals surface area contributed by atoms with E-state index in [1.54, 1.807) is 20.8 Å². The van der Waals surface area contributed by atoms with Crippen LogP contribution in [-0.2, 0) is 14.3 Å². The first-order valence-corrected chi connectivity index (χ1v) is 11.5. The van der Waals surface area contributed by atoms with Gasteiger partial charge in [0.05, 0.1) is 18.7 Å². The molecule has 0 aliphatic carbocycles. The molecule has 12 nitrogen and oxygen atoms in total. The second-order valence-electron chi connectivity index (χ2n) is 9.56. The van der Waals surface area contributed by atoms with Crippen LogP contribution in [0.2, 0.25) is 0 Å². The Morgan fingerprint density at radius 1 is 1.18 bits per heavy atom. The van der Waals surface area contributed by atoms with E-state index in [4.69, 9.17) is 15.2 Å². The van der Waals surface area contributed by atoms with Gasteiger partial charge in [-0.25, -0.2) is 9.59 Å². The summed E-state index contributed by atoms with van der Waals surface area (Å²) >= 11 is 0. The molecule has 2 atom stereocenters. The van der Waals surface area contributed by atoms with E-state index in [0.717, 1.165) is 0 Å². The van der Waals surface area contributed by atoms with Crippen LogP contribution >= 0.6 is 0 Å². The molecule has 1 saturated heterocycles. The smallest absolute Gasteiger partial charge is 0.407 e. The van der Waals surface area contributed by atoms with Gasteiger partial charge in [0, 0.05) is 32.7 Å². The van der Waals surface area contributed by atoms with Crippen molar-refractivity contribution < 1.29 is 34.1 Å². The number of nitrogens with one attached hydrogen (secondary N) is 3. The lowest BCUT2D eigenvalue weighted by molar-refractivity contribution is -0.124. The maximum Gasteiger partial charge on any atom is 0.407 e. The lowest BCUT2D eigenvalue weighted by Crippen LogP contribution is -2.67. The quantitative estimate of drug-likeness (QED) is 0.139. The summed E-state index contributed by atoms with van der Waals surface area (Å²) in [6.07, 6.45) is 1.25. The molecule has 0 spiro atoms. The van der Waals surface area contributed by atoms with Gasteiger partial charge in [0.2, 0.25) is 5.91 Å². The van der Waals surface area contributed by atoms with E-state index in [1.807, 2.05) is 4.90 Å². The monoisotopic (exact) mass is 487 g/mol. The van der Waals surface area contributed by atoms with Crippen molar-refractivity contribution in [3.05, 3.63) is 12.7 Å². The van der Waals surface area contributed by atoms with Crippen molar-refractivity contribution >= 4 is 18.1 Å². The van der Waals surface area contributed by atoms with Crippen molar-refractivity contribution in [3.8, 4) is 0 Å². The average Bonchev–Trinajstić information content (AvgIpc) is 2.71. The first kappa shape index (κ1) is 29.6. The fourth-order valence-electron chi connectivity index (χ4n) is 3.29. The van der Waals surface area contributed by atoms with E-state index < -0.39 is 35.5 Å². The van der Waals surface area contributed by atoms with Crippen molar-refractivity contribution in [2.24, 2.45) is 5.73 Å². The Kier molecular flexibility index (Phi) is 12.3. The molecule has 0 saturated carbocycles. The Balaban J connectivity index is 2.12. The zero-order chi connectivity index (χ0) is 25.8. The third-order valence-corrected chi connectivity index (χ3v) is 4.86. The Labute approximate surface area is 201 Å². The van der Waals surface area contributed by atoms with Gasteiger partial charge in [0.15, 0.2) is 0 Å². The molecule has 3 amide bonds. The van der Waals surface area contributed by atoms with Gasteiger partial charge in [-0.2, -0.15) is 0 Å². The summed E-state index contributed by atoms with van der Waals surface area (Å²) in [6.45, 7) is 10.2. The van der Waals surface area contributed by atoms with Crippen molar-refractivity contribution in [2.75, 3.05) is 45.9 Å². The minimum atomic E-state index is -1.09. The van der Waals surface area contributed by atoms with Gasteiger partial charge in [-0.1, -0.05) is 12.7 Å². The van der Waals surface area contributed by atoms with Crippen LogP contribution in [0.5, 0.6) is 0 Å². The standard InChI is InChI=1S/C22H41N5O7/c1-5-10-33-19(30)26-13-22(32)14-27(15-22)12-16(28)11-25-18(29)17(23)8-6-7-9-24-20(31)34-21(2,3)4/h5,16-17,28,32H,1,6-15,23H2,2-4H3,(H,24,31)(H,25,29)(H,26,30)/t16-,17+/m1/s1. The molecule has 0 aromatic heterocycles. The topological polar surface area (TPSA) is 175 Å². The van der Waals surface area contributed by atoms with E-state index >= 15 is 0 Å². The second kappa shape index (κ2) is 14.1. The fourth-order valence-corrected chi connectivity index (χ4v) is 3.29. The summed E-state index contributed by atoms with van der Waals surface area (Å²) in [5, 5.41) is 28.2. The lowest BCUT2D eigenvalue weighted by atomic mass is 9.93. The van der Waals surface area contributed by atoms with Crippen LogP contribution in [0, 0.1) is 0 Å². The van der Waals surface area contributed by atoms with Crippen LogP contribution in [0.4, 0.5) is 9.59 Å². The summed E-state index contributed by atoms with van der Waals surface area (Å²) in [7, 11) is 0. The van der Waals surface area contributed by atoms with Crippen molar-refractivity contribution in [1.29, 1.82) is 0 Å². The summed E-state index contributed by atoms with van der Waals surface area (Å²) in [5.74, 6) is -0.360. The van der Waals surface area contributed by atoms with Gasteiger partial charge < -0.3 is 41.4 Å². The summed E-state index contributed by atoms with van der Waals surface area (Å²) in [5.41, 5.74) is 4.25. The van der Waals surface area contributed by atoms with Crippen LogP contribution in [-0.4, -0.2) is 102 Å². The van der Waals surface area contributed by atoms with Crippen LogP contribution in [0.1, 0.15) is 40.0 Å². The molecular formula is C22H41N5O7. The van der Waals surface area contributed by atoms with E-state index in [-0.39, 0.29) is 45.2 Å². The second-order valence-corrected chi connectivity index (χ2v) is 9.56. The van der Waals surface area contributed by atoms with E-state index in [2.05, 4.69) is 22.5 Å². The third kappa shape index (κ3) is 12.7. The number of carbonyl (C=O) groups is 3. The number of likely N-dealkylation sites (tertiary alicyclic amines) is 1. The SMILES string of the molecule is C=CCOC(=O)NCC1(O)CN(C[C@H](O)CNC(=O)[C@@H](N)CCCCNC(=O)OC(C)(C)C)C1. The zero-order valence-electron chi connectivity index (χ0n) is 20.5. The maximum absolute atomic E-state index is 12.1. The van der Waals surface area contributed by atoms with Gasteiger partial charge in [-0.3, -0.25) is 9.69 Å². The number of hydrogen-bond donors (Lipinski definition) is 6. The van der Waals surface area contributed by atoms with Gasteiger partial charge in [0.25, 0.3) is 0 Å². The van der Waals surface area contributed by atoms with Crippen LogP contribution in [0.15, 0.2) is 12.7 Å². The Bertz CT molecular complexity index is 677. The normalized spacial score (nSPS) is 17.0. The molecule has 34 heavy (non-hydrogen) atoms. The highest BCUT2D eigenvalue weighted by molar-refractivity contribution is 5.81. The van der Waals surface area contributed by atoms with Crippen molar-refractivity contribution in [2.45, 2.75) is 63.4 Å². The molecule has 0 radical (unpaired) electrons. The molecule has 1 fully saturated rings. The number of aliphatic hydroxyl groups excluding tert-OH is 1. The molecule has 12 heteroatoms. The molecule has 1 aliphatic rings. The number of aliphatic hydroxyl groups is 2. The summed E-state index contributed by atoms with van der Waals surface area (Å²) < 4.78 is 9.92. The lowest BCUT2D eigenvalue weighted by Gasteiger charge is -2.47. The number of hydrogen-bond acceptors (Lipinski definition) is 9. The number of carbonyl (C=O) groups excluding carboxylic acids is 3. The highest BCUT2D eigenvalue weighted by atomic mass is 16.6. The van der Waals surface area contributed by atoms with Crippen LogP contribution in [0.3, 0.4) is 0 Å². The van der Waals surface area contributed by atoms with Crippen LogP contribution in [0.25, 0.3) is 0 Å². The Morgan fingerprint density at radius 2 is 1.85 bits per heavy atom. The predicted molar refractivity (Wildman–Crippen MR) is 126 cm³/mol. The Hall–Kier alpha value is -2.41. The van der Waals surface area contributed by atoms with Gasteiger partial charge in [-0.15, -0.1) is 0 Å². The first-order chi connectivity index (χ1) is 15.8. The zero-order valence-corrected chi connectivity index (χ0v) is 20.5. The van der Waals surface area contributed by atoms with Crippen molar-refractivity contribution in [1.82, 2.24) is 20.9 Å². The average molecular weight is 488 g/mol. The van der Waals surface area contributed by atoms with Crippen LogP contribution < -0.4 is 21.7 Å². The minimum Gasteiger partial charge on any atom is -0.445 e.